The van der Waals surface area contributed by atoms with Gasteiger partial charge in [-0.05, 0) is 49.7 Å². The molecular weight excluding hydrogens is 450 g/mol. The van der Waals surface area contributed by atoms with Crippen molar-refractivity contribution in [1.82, 2.24) is 25.1 Å². The van der Waals surface area contributed by atoms with E-state index in [0.717, 1.165) is 33.8 Å². The molecule has 172 valence electrons. The van der Waals surface area contributed by atoms with Crippen molar-refractivity contribution in [2.75, 3.05) is 6.54 Å². The smallest absolute Gasteiger partial charge is 0.251 e. The van der Waals surface area contributed by atoms with E-state index in [9.17, 15) is 4.79 Å². The van der Waals surface area contributed by atoms with Crippen LogP contribution in [0.15, 0.2) is 61.1 Å². The summed E-state index contributed by atoms with van der Waals surface area (Å²) < 4.78 is 8.14. The number of nitrogens with one attached hydrogen (secondary N) is 1. The van der Waals surface area contributed by atoms with Gasteiger partial charge in [-0.1, -0.05) is 23.7 Å². The van der Waals surface area contributed by atoms with Crippen molar-refractivity contribution in [3.05, 3.63) is 94.2 Å². The molecule has 4 aromatic rings. The number of hydrogen-bond donors (Lipinski definition) is 1. The van der Waals surface area contributed by atoms with Gasteiger partial charge in [-0.2, -0.15) is 5.10 Å². The van der Waals surface area contributed by atoms with Gasteiger partial charge in [0.1, 0.15) is 11.9 Å². The molecule has 3 heterocycles. The first kappa shape index (κ1) is 22.1. The Kier molecular flexibility index (Phi) is 6.02. The lowest BCUT2D eigenvalue weighted by molar-refractivity contribution is 0.0933. The van der Waals surface area contributed by atoms with Crippen LogP contribution in [0.4, 0.5) is 0 Å². The number of benzene rings is 2. The van der Waals surface area contributed by atoms with Gasteiger partial charge in [0, 0.05) is 46.2 Å². The predicted molar refractivity (Wildman–Crippen MR) is 130 cm³/mol. The van der Waals surface area contributed by atoms with E-state index in [0.29, 0.717) is 35.8 Å². The third-order valence-electron chi connectivity index (χ3n) is 5.84. The first-order chi connectivity index (χ1) is 16.5. The van der Waals surface area contributed by atoms with Gasteiger partial charge in [-0.25, -0.2) is 0 Å². The zero-order valence-corrected chi connectivity index (χ0v) is 19.7. The van der Waals surface area contributed by atoms with Crippen molar-refractivity contribution in [1.29, 1.82) is 0 Å². The summed E-state index contributed by atoms with van der Waals surface area (Å²) in [6.07, 6.45) is 5.42. The Hall–Kier alpha value is -3.71. The van der Waals surface area contributed by atoms with Crippen LogP contribution in [-0.2, 0) is 13.0 Å². The zero-order chi connectivity index (χ0) is 23.7. The van der Waals surface area contributed by atoms with Gasteiger partial charge < -0.3 is 10.1 Å². The molecule has 0 bridgehead atoms. The Morgan fingerprint density at radius 2 is 2.00 bits per heavy atom. The number of aromatic nitrogens is 4. The number of nitrogens with zero attached hydrogens (tertiary/aromatic N) is 4. The monoisotopic (exact) mass is 473 g/mol. The number of hydrogen-bond acceptors (Lipinski definition) is 5. The van der Waals surface area contributed by atoms with Gasteiger partial charge in [-0.15, -0.1) is 0 Å². The number of fused-ring (bicyclic) bond motifs is 1. The van der Waals surface area contributed by atoms with E-state index >= 15 is 0 Å². The fourth-order valence-corrected chi connectivity index (χ4v) is 4.46. The summed E-state index contributed by atoms with van der Waals surface area (Å²) >= 11 is 6.33. The Bertz CT molecular complexity index is 1340. The van der Waals surface area contributed by atoms with Gasteiger partial charge in [0.2, 0.25) is 0 Å². The Labute approximate surface area is 202 Å². The van der Waals surface area contributed by atoms with E-state index in [1.807, 2.05) is 54.9 Å². The quantitative estimate of drug-likeness (QED) is 0.449. The molecule has 1 aliphatic heterocycles. The second kappa shape index (κ2) is 9.27. The highest BCUT2D eigenvalue weighted by Gasteiger charge is 2.27. The van der Waals surface area contributed by atoms with Crippen LogP contribution in [-0.4, -0.2) is 38.3 Å². The van der Waals surface area contributed by atoms with Gasteiger partial charge >= 0.3 is 0 Å². The van der Waals surface area contributed by atoms with Crippen molar-refractivity contribution in [2.45, 2.75) is 32.9 Å². The van der Waals surface area contributed by atoms with E-state index in [1.54, 1.807) is 18.6 Å². The number of carbonyl (C=O) groups excluding carboxylic acids is 1. The van der Waals surface area contributed by atoms with Gasteiger partial charge in [0.05, 0.1) is 30.7 Å². The first-order valence-electron chi connectivity index (χ1n) is 11.1. The van der Waals surface area contributed by atoms with Gasteiger partial charge in [0.15, 0.2) is 0 Å². The molecule has 1 aliphatic rings. The van der Waals surface area contributed by atoms with E-state index in [2.05, 4.69) is 26.4 Å². The van der Waals surface area contributed by atoms with Crippen LogP contribution < -0.4 is 10.1 Å². The van der Waals surface area contributed by atoms with Crippen LogP contribution in [0.2, 0.25) is 5.02 Å². The molecule has 0 fully saturated rings. The van der Waals surface area contributed by atoms with Crippen LogP contribution >= 0.6 is 11.6 Å². The molecule has 1 atom stereocenters. The average Bonchev–Trinajstić information content (AvgIpc) is 3.39. The van der Waals surface area contributed by atoms with Crippen LogP contribution in [0.1, 0.15) is 32.9 Å². The summed E-state index contributed by atoms with van der Waals surface area (Å²) in [5.74, 6) is 0.613. The zero-order valence-electron chi connectivity index (χ0n) is 19.0. The predicted octanol–water partition coefficient (Wildman–Crippen LogP) is 4.39. The number of ether oxygens (including phenoxy) is 1. The molecule has 0 aliphatic carbocycles. The molecule has 5 rings (SSSR count). The lowest BCUT2D eigenvalue weighted by Gasteiger charge is -2.14. The minimum Gasteiger partial charge on any atom is -0.487 e. The second-order valence-corrected chi connectivity index (χ2v) is 8.90. The molecule has 0 unspecified atom stereocenters. The van der Waals surface area contributed by atoms with Crippen molar-refractivity contribution in [3.63, 3.8) is 0 Å². The lowest BCUT2D eigenvalue weighted by atomic mass is 10.0. The maximum absolute atomic E-state index is 12.7. The number of halogens is 1. The third kappa shape index (κ3) is 4.65. The molecule has 0 spiro atoms. The summed E-state index contributed by atoms with van der Waals surface area (Å²) in [5, 5.41) is 8.10. The highest BCUT2D eigenvalue weighted by Crippen LogP contribution is 2.40. The highest BCUT2D eigenvalue weighted by molar-refractivity contribution is 6.31. The topological polar surface area (TPSA) is 81.9 Å². The first-order valence-corrected chi connectivity index (χ1v) is 11.5. The molecule has 1 N–H and O–H groups in total. The Morgan fingerprint density at radius 1 is 1.18 bits per heavy atom. The second-order valence-electron chi connectivity index (χ2n) is 8.47. The summed E-state index contributed by atoms with van der Waals surface area (Å²) in [6.45, 7) is 5.08. The molecule has 34 heavy (non-hydrogen) atoms. The molecule has 0 saturated heterocycles. The number of aryl methyl sites for hydroxylation is 2. The normalized spacial score (nSPS) is 14.5. The van der Waals surface area contributed by atoms with Crippen molar-refractivity contribution in [3.8, 4) is 17.0 Å². The molecule has 0 saturated carbocycles. The third-order valence-corrected chi connectivity index (χ3v) is 6.06. The molecule has 1 amide bonds. The highest BCUT2D eigenvalue weighted by atomic mass is 35.5. The fourth-order valence-electron chi connectivity index (χ4n) is 4.21. The molecule has 7 nitrogen and oxygen atoms in total. The van der Waals surface area contributed by atoms with Crippen molar-refractivity contribution in [2.24, 2.45) is 0 Å². The fraction of sp³-hybridized carbons (Fsp3) is 0.231. The molecule has 2 aromatic heterocycles. The summed E-state index contributed by atoms with van der Waals surface area (Å²) in [5.41, 5.74) is 6.31. The van der Waals surface area contributed by atoms with E-state index in [1.165, 1.54) is 0 Å². The van der Waals surface area contributed by atoms with E-state index < -0.39 is 0 Å². The average molecular weight is 474 g/mol. The number of amides is 1. The van der Waals surface area contributed by atoms with Crippen LogP contribution in [0.5, 0.6) is 5.75 Å². The maximum atomic E-state index is 12.7. The molecular formula is C26H24ClN5O2. The summed E-state index contributed by atoms with van der Waals surface area (Å²) in [6, 6.07) is 13.4. The van der Waals surface area contributed by atoms with Crippen LogP contribution in [0, 0.1) is 13.8 Å². The minimum atomic E-state index is -0.182. The maximum Gasteiger partial charge on any atom is 0.251 e. The summed E-state index contributed by atoms with van der Waals surface area (Å²) in [7, 11) is 0. The molecule has 8 heteroatoms. The van der Waals surface area contributed by atoms with Crippen molar-refractivity contribution >= 4 is 17.5 Å². The SMILES string of the molecule is Cc1cc(C)n(Cc2ccc(C(=O)NC[C@@H]3Cc4cc(Cl)cc(-c5cnccn5)c4O3)cc2)n1. The number of carbonyl (C=O) groups is 1. The molecule has 2 aromatic carbocycles. The Morgan fingerprint density at radius 3 is 2.71 bits per heavy atom. The number of rotatable bonds is 6. The van der Waals surface area contributed by atoms with Crippen LogP contribution in [0.25, 0.3) is 11.3 Å². The minimum absolute atomic E-state index is 0.135. The van der Waals surface area contributed by atoms with E-state index in [-0.39, 0.29) is 12.0 Å². The van der Waals surface area contributed by atoms with Crippen LogP contribution in [0.3, 0.4) is 0 Å². The van der Waals surface area contributed by atoms with Gasteiger partial charge in [0.25, 0.3) is 5.91 Å². The summed E-state index contributed by atoms with van der Waals surface area (Å²) in [4.78, 5) is 21.2. The molecule has 0 radical (unpaired) electrons. The van der Waals surface area contributed by atoms with Gasteiger partial charge in [-0.3, -0.25) is 19.4 Å². The Balaban J connectivity index is 1.21. The van der Waals surface area contributed by atoms with E-state index in [4.69, 9.17) is 16.3 Å². The lowest BCUT2D eigenvalue weighted by Crippen LogP contribution is -2.34. The van der Waals surface area contributed by atoms with Crippen molar-refractivity contribution < 1.29 is 9.53 Å². The largest absolute Gasteiger partial charge is 0.487 e. The standard InChI is InChI=1S/C26H24ClN5O2/c1-16-9-17(2)32(31-16)15-18-3-5-19(6-4-18)26(33)30-13-22-11-20-10-21(27)12-23(25(20)34-22)24-14-28-7-8-29-24/h3-10,12,14,22H,11,13,15H2,1-2H3,(H,30,33)/t22-/m0/s1.